The summed E-state index contributed by atoms with van der Waals surface area (Å²) in [7, 11) is 0. The van der Waals surface area contributed by atoms with Gasteiger partial charge in [0.15, 0.2) is 6.29 Å². The Morgan fingerprint density at radius 3 is 2.23 bits per heavy atom. The van der Waals surface area contributed by atoms with Crippen LogP contribution in [0.25, 0.3) is 0 Å². The van der Waals surface area contributed by atoms with Crippen molar-refractivity contribution >= 4 is 12.0 Å². The van der Waals surface area contributed by atoms with Crippen LogP contribution in [-0.2, 0) is 19.0 Å². The number of rotatable bonds is 2. The summed E-state index contributed by atoms with van der Waals surface area (Å²) in [6.45, 7) is 9.54. The Bertz CT molecular complexity index is 505. The number of likely N-dealkylation sites (tertiary alicyclic amines) is 2. The van der Waals surface area contributed by atoms with Crippen molar-refractivity contribution in [1.82, 2.24) is 9.80 Å². The van der Waals surface area contributed by atoms with Gasteiger partial charge in [0.1, 0.15) is 5.60 Å². The van der Waals surface area contributed by atoms with E-state index in [0.29, 0.717) is 32.2 Å². The molecule has 0 radical (unpaired) electrons. The van der Waals surface area contributed by atoms with E-state index in [1.165, 1.54) is 0 Å². The fraction of sp³-hybridized carbons (Fsp3) is 0.895. The number of piperidine rings is 2. The SMILES string of the molecule is CC(C)(C)OC(=O)N1CCCC(C(=O)N2CCC(C3OCCO3)CC2)C1. The van der Waals surface area contributed by atoms with Gasteiger partial charge in [-0.05, 0) is 46.5 Å². The van der Waals surface area contributed by atoms with Crippen molar-refractivity contribution in [2.45, 2.75) is 58.3 Å². The molecule has 1 atom stereocenters. The lowest BCUT2D eigenvalue weighted by Gasteiger charge is -2.38. The van der Waals surface area contributed by atoms with Gasteiger partial charge in [0.2, 0.25) is 5.91 Å². The number of hydrogen-bond acceptors (Lipinski definition) is 5. The molecule has 3 fully saturated rings. The Balaban J connectivity index is 1.49. The van der Waals surface area contributed by atoms with Gasteiger partial charge in [0, 0.05) is 32.1 Å². The molecule has 0 bridgehead atoms. The van der Waals surface area contributed by atoms with Crippen LogP contribution in [0.2, 0.25) is 0 Å². The lowest BCUT2D eigenvalue weighted by atomic mass is 9.92. The summed E-state index contributed by atoms with van der Waals surface area (Å²) in [5, 5.41) is 0. The molecule has 0 saturated carbocycles. The minimum absolute atomic E-state index is 0.0930. The molecule has 3 rings (SSSR count). The van der Waals surface area contributed by atoms with Crippen LogP contribution >= 0.6 is 0 Å². The molecule has 2 amide bonds. The Morgan fingerprint density at radius 2 is 1.62 bits per heavy atom. The van der Waals surface area contributed by atoms with Gasteiger partial charge in [-0.15, -0.1) is 0 Å². The second-order valence-corrected chi connectivity index (χ2v) is 8.54. The van der Waals surface area contributed by atoms with Gasteiger partial charge in [-0.2, -0.15) is 0 Å². The number of carbonyl (C=O) groups excluding carboxylic acids is 2. The van der Waals surface area contributed by atoms with Crippen molar-refractivity contribution in [3.8, 4) is 0 Å². The normalized spacial score (nSPS) is 26.2. The highest BCUT2D eigenvalue weighted by atomic mass is 16.7. The van der Waals surface area contributed by atoms with E-state index >= 15 is 0 Å². The summed E-state index contributed by atoms with van der Waals surface area (Å²) >= 11 is 0. The molecule has 0 N–H and O–H groups in total. The summed E-state index contributed by atoms with van der Waals surface area (Å²) in [4.78, 5) is 28.9. The molecule has 3 aliphatic rings. The molecule has 26 heavy (non-hydrogen) atoms. The number of carbonyl (C=O) groups is 2. The van der Waals surface area contributed by atoms with E-state index in [2.05, 4.69) is 0 Å². The number of hydrogen-bond donors (Lipinski definition) is 0. The number of amides is 2. The van der Waals surface area contributed by atoms with Crippen LogP contribution in [-0.4, -0.2) is 73.1 Å². The first-order chi connectivity index (χ1) is 12.3. The van der Waals surface area contributed by atoms with E-state index in [0.717, 1.165) is 38.8 Å². The third-order valence-corrected chi connectivity index (χ3v) is 5.31. The Hall–Kier alpha value is -1.34. The fourth-order valence-electron chi connectivity index (χ4n) is 3.97. The molecule has 3 heterocycles. The predicted molar refractivity (Wildman–Crippen MR) is 95.5 cm³/mol. The van der Waals surface area contributed by atoms with Gasteiger partial charge in [-0.25, -0.2) is 4.79 Å². The molecule has 0 spiro atoms. The van der Waals surface area contributed by atoms with Crippen LogP contribution in [0, 0.1) is 11.8 Å². The van der Waals surface area contributed by atoms with E-state index in [4.69, 9.17) is 14.2 Å². The largest absolute Gasteiger partial charge is 0.444 e. The Morgan fingerprint density at radius 1 is 0.962 bits per heavy atom. The molecule has 7 nitrogen and oxygen atoms in total. The topological polar surface area (TPSA) is 68.3 Å². The third kappa shape index (κ3) is 4.88. The van der Waals surface area contributed by atoms with Gasteiger partial charge in [0.25, 0.3) is 0 Å². The van der Waals surface area contributed by atoms with Crippen LogP contribution < -0.4 is 0 Å². The minimum atomic E-state index is -0.514. The highest BCUT2D eigenvalue weighted by Gasteiger charge is 2.36. The highest BCUT2D eigenvalue weighted by Crippen LogP contribution is 2.28. The van der Waals surface area contributed by atoms with Gasteiger partial charge >= 0.3 is 6.09 Å². The van der Waals surface area contributed by atoms with Gasteiger partial charge in [-0.1, -0.05) is 0 Å². The quantitative estimate of drug-likeness (QED) is 0.748. The van der Waals surface area contributed by atoms with E-state index in [1.54, 1.807) is 4.90 Å². The molecule has 0 aromatic heterocycles. The van der Waals surface area contributed by atoms with Crippen molar-refractivity contribution in [2.24, 2.45) is 11.8 Å². The maximum atomic E-state index is 12.9. The summed E-state index contributed by atoms with van der Waals surface area (Å²) in [6, 6.07) is 0. The van der Waals surface area contributed by atoms with Crippen LogP contribution in [0.15, 0.2) is 0 Å². The van der Waals surface area contributed by atoms with Gasteiger partial charge < -0.3 is 24.0 Å². The van der Waals surface area contributed by atoms with Crippen molar-refractivity contribution in [2.75, 3.05) is 39.4 Å². The van der Waals surface area contributed by atoms with Crippen LogP contribution in [0.1, 0.15) is 46.5 Å². The molecular weight excluding hydrogens is 336 g/mol. The zero-order valence-electron chi connectivity index (χ0n) is 16.2. The van der Waals surface area contributed by atoms with E-state index in [-0.39, 0.29) is 24.2 Å². The van der Waals surface area contributed by atoms with Gasteiger partial charge in [0.05, 0.1) is 19.1 Å². The van der Waals surface area contributed by atoms with E-state index in [1.807, 2.05) is 25.7 Å². The maximum absolute atomic E-state index is 12.9. The van der Waals surface area contributed by atoms with Crippen molar-refractivity contribution < 1.29 is 23.8 Å². The molecule has 3 saturated heterocycles. The summed E-state index contributed by atoms with van der Waals surface area (Å²) in [6.07, 6.45) is 3.11. The predicted octanol–water partition coefficient (Wildman–Crippen LogP) is 2.25. The van der Waals surface area contributed by atoms with Crippen LogP contribution in [0.5, 0.6) is 0 Å². The summed E-state index contributed by atoms with van der Waals surface area (Å²) in [5.41, 5.74) is -0.514. The zero-order chi connectivity index (χ0) is 18.7. The van der Waals surface area contributed by atoms with Crippen LogP contribution in [0.3, 0.4) is 0 Å². The number of ether oxygens (including phenoxy) is 3. The van der Waals surface area contributed by atoms with Crippen molar-refractivity contribution in [3.05, 3.63) is 0 Å². The molecule has 1 unspecified atom stereocenters. The molecular formula is C19H32N2O5. The minimum Gasteiger partial charge on any atom is -0.444 e. The third-order valence-electron chi connectivity index (χ3n) is 5.31. The molecule has 148 valence electrons. The van der Waals surface area contributed by atoms with E-state index < -0.39 is 5.60 Å². The lowest BCUT2D eigenvalue weighted by molar-refractivity contribution is -0.142. The molecule has 7 heteroatoms. The summed E-state index contributed by atoms with van der Waals surface area (Å²) in [5.74, 6) is 0.433. The number of nitrogens with zero attached hydrogens (tertiary/aromatic N) is 2. The standard InChI is InChI=1S/C19H32N2O5/c1-19(2,3)26-18(23)21-8-4-5-15(13-21)16(22)20-9-6-14(7-10-20)17-24-11-12-25-17/h14-15,17H,4-13H2,1-3H3. The molecule has 0 aromatic carbocycles. The first-order valence-corrected chi connectivity index (χ1v) is 9.83. The smallest absolute Gasteiger partial charge is 0.410 e. The maximum Gasteiger partial charge on any atom is 0.410 e. The first-order valence-electron chi connectivity index (χ1n) is 9.83. The monoisotopic (exact) mass is 368 g/mol. The average molecular weight is 368 g/mol. The Labute approximate surface area is 155 Å². The first kappa shape index (κ1) is 19.4. The molecule has 0 aliphatic carbocycles. The van der Waals surface area contributed by atoms with Crippen molar-refractivity contribution in [3.63, 3.8) is 0 Å². The Kier molecular flexibility index (Phi) is 6.07. The van der Waals surface area contributed by atoms with Crippen LogP contribution in [0.4, 0.5) is 4.79 Å². The van der Waals surface area contributed by atoms with Gasteiger partial charge in [-0.3, -0.25) is 4.79 Å². The second-order valence-electron chi connectivity index (χ2n) is 8.54. The zero-order valence-corrected chi connectivity index (χ0v) is 16.2. The highest BCUT2D eigenvalue weighted by molar-refractivity contribution is 5.80. The second kappa shape index (κ2) is 8.13. The van der Waals surface area contributed by atoms with Crippen molar-refractivity contribution in [1.29, 1.82) is 0 Å². The van der Waals surface area contributed by atoms with E-state index in [9.17, 15) is 9.59 Å². The molecule has 3 aliphatic heterocycles. The molecule has 0 aromatic rings. The summed E-state index contributed by atoms with van der Waals surface area (Å²) < 4.78 is 16.7. The average Bonchev–Trinajstić information content (AvgIpc) is 3.14. The fourth-order valence-corrected chi connectivity index (χ4v) is 3.97. The lowest BCUT2D eigenvalue weighted by Crippen LogP contribution is -2.50.